The fourth-order valence-corrected chi connectivity index (χ4v) is 3.61. The Morgan fingerprint density at radius 2 is 1.75 bits per heavy atom. The number of aliphatic imine (C=N–C) groups is 1. The summed E-state index contributed by atoms with van der Waals surface area (Å²) >= 11 is 0. The fourth-order valence-electron chi connectivity index (χ4n) is 3.61. The molecule has 0 aromatic carbocycles. The molecular formula is C19H17F7N6. The first-order valence-electron chi connectivity index (χ1n) is 9.78. The first-order valence-corrected chi connectivity index (χ1v) is 9.78. The summed E-state index contributed by atoms with van der Waals surface area (Å²) in [6, 6.07) is 2.44. The number of anilines is 1. The van der Waals surface area contributed by atoms with E-state index in [1.165, 1.54) is 6.07 Å². The standard InChI is InChI=1S/C19H17F7N6/c20-17(21)6-4-10(8-17)27-15-30-14(12-2-1-3-13(29-12)19(24,25)26)31-16(32-15)28-11-5-7-18(22,23)9-11/h1-3,10H,4-9H2,(H,27,30,31,32)/t10-/m1/s1. The van der Waals surface area contributed by atoms with E-state index in [9.17, 15) is 30.7 Å². The Hall–Kier alpha value is -2.86. The van der Waals surface area contributed by atoms with Crippen molar-refractivity contribution in [3.05, 3.63) is 23.9 Å². The van der Waals surface area contributed by atoms with Crippen LogP contribution < -0.4 is 5.32 Å². The number of rotatable bonds is 4. The Bertz CT molecular complexity index is 1040. The molecule has 1 N–H and O–H groups in total. The second-order valence-corrected chi connectivity index (χ2v) is 7.84. The van der Waals surface area contributed by atoms with Crippen LogP contribution in [0.3, 0.4) is 0 Å². The lowest BCUT2D eigenvalue weighted by atomic mass is 10.2. The average Bonchev–Trinajstić information content (AvgIpc) is 3.21. The molecule has 0 spiro atoms. The summed E-state index contributed by atoms with van der Waals surface area (Å²) in [5.41, 5.74) is -1.30. The molecule has 2 aliphatic carbocycles. The molecule has 6 nitrogen and oxygen atoms in total. The van der Waals surface area contributed by atoms with Gasteiger partial charge in [0, 0.05) is 37.4 Å². The summed E-state index contributed by atoms with van der Waals surface area (Å²) in [4.78, 5) is 19.5. The molecule has 2 aromatic heterocycles. The second-order valence-electron chi connectivity index (χ2n) is 7.84. The molecule has 0 aliphatic heterocycles. The molecule has 4 rings (SSSR count). The number of hydrogen-bond donors (Lipinski definition) is 1. The minimum absolute atomic E-state index is 0.00738. The first kappa shape index (κ1) is 22.3. The van der Waals surface area contributed by atoms with E-state index >= 15 is 0 Å². The molecule has 2 saturated carbocycles. The predicted octanol–water partition coefficient (Wildman–Crippen LogP) is 5.44. The van der Waals surface area contributed by atoms with Gasteiger partial charge in [0.25, 0.3) is 11.9 Å². The number of alkyl halides is 7. The highest BCUT2D eigenvalue weighted by atomic mass is 19.4. The molecule has 13 heteroatoms. The monoisotopic (exact) mass is 462 g/mol. The molecule has 0 amide bonds. The van der Waals surface area contributed by atoms with Crippen LogP contribution in [-0.4, -0.2) is 43.5 Å². The molecule has 32 heavy (non-hydrogen) atoms. The Morgan fingerprint density at radius 3 is 2.38 bits per heavy atom. The van der Waals surface area contributed by atoms with Gasteiger partial charge in [-0.05, 0) is 25.0 Å². The van der Waals surface area contributed by atoms with Crippen molar-refractivity contribution in [3.63, 3.8) is 0 Å². The van der Waals surface area contributed by atoms with Gasteiger partial charge >= 0.3 is 6.18 Å². The van der Waals surface area contributed by atoms with Gasteiger partial charge in [-0.3, -0.25) is 0 Å². The van der Waals surface area contributed by atoms with Crippen molar-refractivity contribution in [1.29, 1.82) is 0 Å². The smallest absolute Gasteiger partial charge is 0.351 e. The van der Waals surface area contributed by atoms with E-state index in [1.807, 2.05) is 0 Å². The van der Waals surface area contributed by atoms with Crippen molar-refractivity contribution >= 4 is 17.6 Å². The Kier molecular flexibility index (Phi) is 5.53. The SMILES string of the molecule is FC1(F)CCC(=Nc2nc(N[C@@H]3CCC(F)(F)C3)nc(-c3cccc(C(F)(F)F)n3)n2)C1. The topological polar surface area (TPSA) is 76.0 Å². The lowest BCUT2D eigenvalue weighted by molar-refractivity contribution is -0.141. The molecule has 2 aromatic rings. The van der Waals surface area contributed by atoms with Gasteiger partial charge in [-0.2, -0.15) is 28.1 Å². The van der Waals surface area contributed by atoms with Gasteiger partial charge < -0.3 is 5.32 Å². The molecule has 1 atom stereocenters. The molecule has 2 aliphatic rings. The number of aromatic nitrogens is 4. The van der Waals surface area contributed by atoms with Crippen molar-refractivity contribution in [3.8, 4) is 11.5 Å². The van der Waals surface area contributed by atoms with Crippen LogP contribution in [0, 0.1) is 0 Å². The summed E-state index contributed by atoms with van der Waals surface area (Å²) < 4.78 is 93.1. The first-order chi connectivity index (χ1) is 14.9. The van der Waals surface area contributed by atoms with E-state index in [1.54, 1.807) is 0 Å². The zero-order valence-corrected chi connectivity index (χ0v) is 16.4. The van der Waals surface area contributed by atoms with Crippen LogP contribution in [0.5, 0.6) is 0 Å². The second kappa shape index (κ2) is 7.93. The summed E-state index contributed by atoms with van der Waals surface area (Å²) in [5, 5.41) is 2.72. The van der Waals surface area contributed by atoms with E-state index in [4.69, 9.17) is 0 Å². The molecule has 2 heterocycles. The maximum absolute atomic E-state index is 13.5. The average molecular weight is 462 g/mol. The lowest BCUT2D eigenvalue weighted by Crippen LogP contribution is -2.21. The zero-order valence-electron chi connectivity index (χ0n) is 16.4. The van der Waals surface area contributed by atoms with Crippen molar-refractivity contribution in [2.45, 2.75) is 62.6 Å². The predicted molar refractivity (Wildman–Crippen MR) is 100 cm³/mol. The lowest BCUT2D eigenvalue weighted by Gasteiger charge is -2.14. The van der Waals surface area contributed by atoms with Gasteiger partial charge in [0.15, 0.2) is 5.82 Å². The van der Waals surface area contributed by atoms with Crippen molar-refractivity contribution in [2.24, 2.45) is 4.99 Å². The van der Waals surface area contributed by atoms with Crippen LogP contribution in [0.1, 0.15) is 44.2 Å². The molecule has 2 fully saturated rings. The maximum atomic E-state index is 13.5. The summed E-state index contributed by atoms with van der Waals surface area (Å²) in [6.07, 6.45) is -6.35. The molecule has 0 unspecified atom stereocenters. The van der Waals surface area contributed by atoms with Gasteiger partial charge in [-0.25, -0.2) is 27.5 Å². The summed E-state index contributed by atoms with van der Waals surface area (Å²) in [7, 11) is 0. The van der Waals surface area contributed by atoms with E-state index in [-0.39, 0.29) is 54.8 Å². The van der Waals surface area contributed by atoms with E-state index in [2.05, 4.69) is 30.2 Å². The Morgan fingerprint density at radius 1 is 0.969 bits per heavy atom. The van der Waals surface area contributed by atoms with Crippen LogP contribution in [0.25, 0.3) is 11.5 Å². The van der Waals surface area contributed by atoms with Crippen LogP contribution in [0.4, 0.5) is 42.6 Å². The number of nitrogens with one attached hydrogen (secondary N) is 1. The molecule has 0 bridgehead atoms. The molecule has 0 saturated heterocycles. The van der Waals surface area contributed by atoms with Crippen LogP contribution >= 0.6 is 0 Å². The molecular weight excluding hydrogens is 445 g/mol. The number of halogens is 7. The quantitative estimate of drug-likeness (QED) is 0.612. The summed E-state index contributed by atoms with van der Waals surface area (Å²) in [6.45, 7) is 0. The molecule has 172 valence electrons. The van der Waals surface area contributed by atoms with Crippen molar-refractivity contribution in [1.82, 2.24) is 19.9 Å². The Labute approximate surface area is 177 Å². The number of nitrogens with zero attached hydrogens (tertiary/aromatic N) is 5. The fraction of sp³-hybridized carbons (Fsp3) is 0.526. The largest absolute Gasteiger partial charge is 0.433 e. The number of pyridine rings is 1. The van der Waals surface area contributed by atoms with Gasteiger partial charge in [0.05, 0.1) is 0 Å². The molecule has 0 radical (unpaired) electrons. The minimum Gasteiger partial charge on any atom is -0.351 e. The third-order valence-electron chi connectivity index (χ3n) is 5.13. The van der Waals surface area contributed by atoms with Crippen LogP contribution in [-0.2, 0) is 6.18 Å². The van der Waals surface area contributed by atoms with E-state index in [0.717, 1.165) is 12.1 Å². The van der Waals surface area contributed by atoms with Gasteiger partial charge in [-0.15, -0.1) is 0 Å². The van der Waals surface area contributed by atoms with E-state index in [0.29, 0.717) is 0 Å². The third-order valence-corrected chi connectivity index (χ3v) is 5.13. The van der Waals surface area contributed by atoms with Crippen LogP contribution in [0.2, 0.25) is 0 Å². The maximum Gasteiger partial charge on any atom is 0.433 e. The van der Waals surface area contributed by atoms with Gasteiger partial charge in [-0.1, -0.05) is 6.07 Å². The highest BCUT2D eigenvalue weighted by molar-refractivity contribution is 5.89. The van der Waals surface area contributed by atoms with Crippen LogP contribution in [0.15, 0.2) is 23.2 Å². The summed E-state index contributed by atoms with van der Waals surface area (Å²) in [5.74, 6) is -6.56. The van der Waals surface area contributed by atoms with Crippen molar-refractivity contribution in [2.75, 3.05) is 5.32 Å². The van der Waals surface area contributed by atoms with E-state index < -0.39 is 42.6 Å². The highest BCUT2D eigenvalue weighted by Crippen LogP contribution is 2.37. The highest BCUT2D eigenvalue weighted by Gasteiger charge is 2.40. The number of hydrogen-bond acceptors (Lipinski definition) is 6. The van der Waals surface area contributed by atoms with Crippen molar-refractivity contribution < 1.29 is 30.7 Å². The van der Waals surface area contributed by atoms with Gasteiger partial charge in [0.2, 0.25) is 11.9 Å². The normalized spacial score (nSPS) is 23.6. The third kappa shape index (κ3) is 5.30. The minimum atomic E-state index is -4.71. The van der Waals surface area contributed by atoms with Gasteiger partial charge in [0.1, 0.15) is 11.4 Å². The zero-order chi connectivity index (χ0) is 23.1. The Balaban J connectivity index is 1.70.